The molecule has 2 aromatic rings. The van der Waals surface area contributed by atoms with E-state index in [4.69, 9.17) is 9.68 Å². The highest BCUT2D eigenvalue weighted by Crippen LogP contribution is 2.39. The Balaban J connectivity index is 2.42. The topological polar surface area (TPSA) is 54.0 Å². The predicted octanol–water partition coefficient (Wildman–Crippen LogP) is 3.00. The summed E-state index contributed by atoms with van der Waals surface area (Å²) in [6.45, 7) is 0. The molecule has 19 heavy (non-hydrogen) atoms. The van der Waals surface area contributed by atoms with Gasteiger partial charge in [0.05, 0.1) is 0 Å². The van der Waals surface area contributed by atoms with Crippen LogP contribution >= 0.6 is 11.8 Å². The number of nitriles is 1. The van der Waals surface area contributed by atoms with Gasteiger partial charge in [-0.25, -0.2) is 4.79 Å². The Morgan fingerprint density at radius 3 is 2.84 bits per heavy atom. The van der Waals surface area contributed by atoms with Gasteiger partial charge in [0, 0.05) is 16.9 Å². The van der Waals surface area contributed by atoms with Gasteiger partial charge in [0.25, 0.3) is 0 Å². The molecule has 0 amide bonds. The van der Waals surface area contributed by atoms with Crippen molar-refractivity contribution in [1.29, 1.82) is 5.26 Å². The summed E-state index contributed by atoms with van der Waals surface area (Å²) in [5, 5.41) is 9.16. The van der Waals surface area contributed by atoms with Crippen LogP contribution in [0.15, 0.2) is 38.4 Å². The van der Waals surface area contributed by atoms with Gasteiger partial charge in [-0.15, -0.1) is 11.8 Å². The molecule has 1 heterocycles. The van der Waals surface area contributed by atoms with Crippen LogP contribution in [0.25, 0.3) is 11.1 Å². The fraction of sp³-hybridized carbons (Fsp3) is 0.200. The van der Waals surface area contributed by atoms with Crippen molar-refractivity contribution in [2.24, 2.45) is 0 Å². The van der Waals surface area contributed by atoms with Gasteiger partial charge in [-0.2, -0.15) is 5.26 Å². The molecule has 0 fully saturated rings. The fourth-order valence-electron chi connectivity index (χ4n) is 2.54. The number of benzene rings is 1. The molecule has 1 aliphatic rings. The molecular weight excluding hydrogens is 258 g/mol. The highest BCUT2D eigenvalue weighted by atomic mass is 32.2. The molecule has 1 aliphatic carbocycles. The van der Waals surface area contributed by atoms with Crippen LogP contribution in [-0.4, -0.2) is 6.26 Å². The third-order valence-electron chi connectivity index (χ3n) is 3.38. The third-order valence-corrected chi connectivity index (χ3v) is 4.19. The number of fused-ring (bicyclic) bond motifs is 3. The summed E-state index contributed by atoms with van der Waals surface area (Å²) in [5.74, 6) is 0.701. The number of aryl methyl sites for hydroxylation is 2. The summed E-state index contributed by atoms with van der Waals surface area (Å²) >= 11 is 1.43. The van der Waals surface area contributed by atoms with Gasteiger partial charge in [0.15, 0.2) is 5.56 Å². The Morgan fingerprint density at radius 1 is 1.32 bits per heavy atom. The maximum atomic E-state index is 11.8. The van der Waals surface area contributed by atoms with E-state index in [1.807, 2.05) is 30.5 Å². The van der Waals surface area contributed by atoms with Gasteiger partial charge in [0.2, 0.25) is 0 Å². The first-order valence-electron chi connectivity index (χ1n) is 5.98. The van der Waals surface area contributed by atoms with Crippen LogP contribution in [-0.2, 0) is 12.8 Å². The van der Waals surface area contributed by atoms with Crippen molar-refractivity contribution in [2.75, 3.05) is 6.26 Å². The molecule has 0 aliphatic heterocycles. The summed E-state index contributed by atoms with van der Waals surface area (Å²) < 4.78 is 5.33. The van der Waals surface area contributed by atoms with E-state index in [1.165, 1.54) is 17.3 Å². The highest BCUT2D eigenvalue weighted by Gasteiger charge is 2.25. The quantitative estimate of drug-likeness (QED) is 0.747. The Bertz CT molecular complexity index is 756. The molecular formula is C15H11NO2S. The van der Waals surface area contributed by atoms with Gasteiger partial charge in [-0.1, -0.05) is 24.3 Å². The van der Waals surface area contributed by atoms with Gasteiger partial charge < -0.3 is 4.42 Å². The lowest BCUT2D eigenvalue weighted by atomic mass is 9.89. The van der Waals surface area contributed by atoms with Crippen LogP contribution in [0.2, 0.25) is 0 Å². The Hall–Kier alpha value is -1.99. The average Bonchev–Trinajstić information content (AvgIpc) is 2.45. The SMILES string of the molecule is CSc1c2c(oc(=O)c1C#N)CCc1ccccc1-2. The molecule has 0 unspecified atom stereocenters. The van der Waals surface area contributed by atoms with E-state index >= 15 is 0 Å². The molecule has 1 aromatic carbocycles. The van der Waals surface area contributed by atoms with Crippen molar-refractivity contribution < 1.29 is 4.42 Å². The molecule has 4 heteroatoms. The first-order chi connectivity index (χ1) is 9.26. The lowest BCUT2D eigenvalue weighted by molar-refractivity contribution is 0.452. The zero-order valence-electron chi connectivity index (χ0n) is 10.4. The highest BCUT2D eigenvalue weighted by molar-refractivity contribution is 7.98. The first-order valence-corrected chi connectivity index (χ1v) is 7.21. The Labute approximate surface area is 114 Å². The number of hydrogen-bond acceptors (Lipinski definition) is 4. The Morgan fingerprint density at radius 2 is 2.11 bits per heavy atom. The summed E-state index contributed by atoms with van der Waals surface area (Å²) in [4.78, 5) is 12.5. The third kappa shape index (κ3) is 1.78. The molecule has 3 nitrogen and oxygen atoms in total. The number of thioether (sulfide) groups is 1. The zero-order valence-corrected chi connectivity index (χ0v) is 11.2. The number of nitrogens with zero attached hydrogens (tertiary/aromatic N) is 1. The number of rotatable bonds is 1. The van der Waals surface area contributed by atoms with E-state index in [1.54, 1.807) is 0 Å². The van der Waals surface area contributed by atoms with E-state index in [0.29, 0.717) is 12.2 Å². The van der Waals surface area contributed by atoms with E-state index < -0.39 is 5.63 Å². The van der Waals surface area contributed by atoms with Crippen LogP contribution in [0.1, 0.15) is 16.9 Å². The molecule has 3 rings (SSSR count). The van der Waals surface area contributed by atoms with Crippen LogP contribution in [0.5, 0.6) is 0 Å². The summed E-state index contributed by atoms with van der Waals surface area (Å²) in [6, 6.07) is 10.0. The summed E-state index contributed by atoms with van der Waals surface area (Å²) in [6.07, 6.45) is 3.46. The van der Waals surface area contributed by atoms with E-state index in [-0.39, 0.29) is 5.56 Å². The summed E-state index contributed by atoms with van der Waals surface area (Å²) in [5.41, 5.74) is 2.83. The van der Waals surface area contributed by atoms with Crippen molar-refractivity contribution in [3.05, 3.63) is 51.6 Å². The summed E-state index contributed by atoms with van der Waals surface area (Å²) in [7, 11) is 0. The second kappa shape index (κ2) is 4.60. The van der Waals surface area contributed by atoms with Crippen LogP contribution < -0.4 is 5.63 Å². The van der Waals surface area contributed by atoms with E-state index in [2.05, 4.69) is 6.07 Å². The molecule has 0 saturated heterocycles. The normalized spacial score (nSPS) is 12.4. The predicted molar refractivity (Wildman–Crippen MR) is 74.3 cm³/mol. The monoisotopic (exact) mass is 269 g/mol. The maximum Gasteiger partial charge on any atom is 0.355 e. The van der Waals surface area contributed by atoms with E-state index in [9.17, 15) is 4.79 Å². The molecule has 0 atom stereocenters. The zero-order chi connectivity index (χ0) is 13.4. The molecule has 0 bridgehead atoms. The second-order valence-electron chi connectivity index (χ2n) is 4.36. The number of hydrogen-bond donors (Lipinski definition) is 0. The van der Waals surface area contributed by atoms with Crippen molar-refractivity contribution >= 4 is 11.8 Å². The van der Waals surface area contributed by atoms with Crippen LogP contribution in [0, 0.1) is 11.3 Å². The molecule has 0 spiro atoms. The van der Waals surface area contributed by atoms with Crippen molar-refractivity contribution in [1.82, 2.24) is 0 Å². The molecule has 94 valence electrons. The van der Waals surface area contributed by atoms with E-state index in [0.717, 1.165) is 22.4 Å². The van der Waals surface area contributed by atoms with Crippen LogP contribution in [0.3, 0.4) is 0 Å². The molecule has 0 N–H and O–H groups in total. The minimum atomic E-state index is -0.523. The fourth-order valence-corrected chi connectivity index (χ4v) is 3.30. The average molecular weight is 269 g/mol. The van der Waals surface area contributed by atoms with Crippen LogP contribution in [0.4, 0.5) is 0 Å². The maximum absolute atomic E-state index is 11.8. The standard InChI is InChI=1S/C15H11NO2S/c1-19-14-11(8-16)15(17)18-12-7-6-9-4-2-3-5-10(9)13(12)14/h2-5H,6-7H2,1H3. The van der Waals surface area contributed by atoms with Gasteiger partial charge in [-0.3, -0.25) is 0 Å². The second-order valence-corrected chi connectivity index (χ2v) is 5.18. The lowest BCUT2D eigenvalue weighted by Gasteiger charge is -2.20. The first kappa shape index (κ1) is 12.1. The molecule has 1 aromatic heterocycles. The minimum Gasteiger partial charge on any atom is -0.426 e. The van der Waals surface area contributed by atoms with Crippen molar-refractivity contribution in [3.8, 4) is 17.2 Å². The van der Waals surface area contributed by atoms with Crippen molar-refractivity contribution in [2.45, 2.75) is 17.7 Å². The smallest absolute Gasteiger partial charge is 0.355 e. The molecule has 0 radical (unpaired) electrons. The van der Waals surface area contributed by atoms with Gasteiger partial charge >= 0.3 is 5.63 Å². The van der Waals surface area contributed by atoms with Crippen molar-refractivity contribution in [3.63, 3.8) is 0 Å². The minimum absolute atomic E-state index is 0.114. The lowest BCUT2D eigenvalue weighted by Crippen LogP contribution is -2.14. The molecule has 0 saturated carbocycles. The largest absolute Gasteiger partial charge is 0.426 e. The van der Waals surface area contributed by atoms with Gasteiger partial charge in [0.1, 0.15) is 11.8 Å². The van der Waals surface area contributed by atoms with Gasteiger partial charge in [-0.05, 0) is 23.8 Å². The Kier molecular flexibility index (Phi) is 2.92.